The molecule has 5 nitrogen and oxygen atoms in total. The van der Waals surface area contributed by atoms with Gasteiger partial charge in [-0.05, 0) is 37.5 Å². The molecule has 0 saturated carbocycles. The molecule has 1 saturated heterocycles. The van der Waals surface area contributed by atoms with Crippen molar-refractivity contribution in [2.24, 2.45) is 0 Å². The first-order chi connectivity index (χ1) is 14.2. The standard InChI is InChI=1S/C24H25N3O2/c1-18-7-9-19(10-8-18)21-15-25-22-16-29-17-24(27(21)22)11-13-26(14-12-24)23(28)20-5-3-2-4-6-20/h2-10,15H,11-14,16-17H2,1H3. The maximum Gasteiger partial charge on any atom is 0.253 e. The van der Waals surface area contributed by atoms with Crippen molar-refractivity contribution in [2.75, 3.05) is 19.7 Å². The lowest BCUT2D eigenvalue weighted by Gasteiger charge is -2.46. The highest BCUT2D eigenvalue weighted by atomic mass is 16.5. The van der Waals surface area contributed by atoms with Crippen LogP contribution in [0.15, 0.2) is 60.8 Å². The summed E-state index contributed by atoms with van der Waals surface area (Å²) in [5.41, 5.74) is 4.19. The number of benzene rings is 2. The number of ether oxygens (including phenoxy) is 1. The van der Waals surface area contributed by atoms with Gasteiger partial charge in [0.15, 0.2) is 0 Å². The molecule has 148 valence electrons. The summed E-state index contributed by atoms with van der Waals surface area (Å²) in [5.74, 6) is 1.09. The first-order valence-electron chi connectivity index (χ1n) is 10.2. The summed E-state index contributed by atoms with van der Waals surface area (Å²) in [5, 5.41) is 0. The third kappa shape index (κ3) is 3.15. The van der Waals surface area contributed by atoms with E-state index in [-0.39, 0.29) is 11.4 Å². The Balaban J connectivity index is 1.43. The zero-order valence-electron chi connectivity index (χ0n) is 16.7. The molecule has 0 N–H and O–H groups in total. The number of fused-ring (bicyclic) bond motifs is 2. The monoisotopic (exact) mass is 387 g/mol. The largest absolute Gasteiger partial charge is 0.371 e. The SMILES string of the molecule is Cc1ccc(-c2cnc3n2C2(CCN(C(=O)c4ccccc4)CC2)COC3)cc1. The van der Waals surface area contributed by atoms with E-state index in [1.165, 1.54) is 11.1 Å². The smallest absolute Gasteiger partial charge is 0.253 e. The molecule has 0 aliphatic carbocycles. The molecule has 5 rings (SSSR count). The van der Waals surface area contributed by atoms with Crippen LogP contribution in [0.5, 0.6) is 0 Å². The minimum atomic E-state index is -0.141. The van der Waals surface area contributed by atoms with Crippen molar-refractivity contribution >= 4 is 5.91 Å². The van der Waals surface area contributed by atoms with Crippen LogP contribution in [0.1, 0.15) is 34.6 Å². The molecule has 29 heavy (non-hydrogen) atoms. The van der Waals surface area contributed by atoms with E-state index in [0.29, 0.717) is 13.2 Å². The Morgan fingerprint density at radius 3 is 2.48 bits per heavy atom. The van der Waals surface area contributed by atoms with Crippen molar-refractivity contribution in [3.05, 3.63) is 77.7 Å². The fourth-order valence-electron chi connectivity index (χ4n) is 4.60. The van der Waals surface area contributed by atoms with Crippen LogP contribution in [0.4, 0.5) is 0 Å². The molecule has 0 atom stereocenters. The molecular weight excluding hydrogens is 362 g/mol. The summed E-state index contributed by atoms with van der Waals surface area (Å²) < 4.78 is 8.35. The predicted octanol–water partition coefficient (Wildman–Crippen LogP) is 4.02. The molecular formula is C24H25N3O2. The first kappa shape index (κ1) is 18.1. The maximum absolute atomic E-state index is 12.9. The number of aryl methyl sites for hydroxylation is 1. The second-order valence-corrected chi connectivity index (χ2v) is 8.14. The van der Waals surface area contributed by atoms with Crippen molar-refractivity contribution in [3.63, 3.8) is 0 Å². The predicted molar refractivity (Wildman–Crippen MR) is 112 cm³/mol. The van der Waals surface area contributed by atoms with Crippen LogP contribution in [0.25, 0.3) is 11.3 Å². The van der Waals surface area contributed by atoms with Gasteiger partial charge >= 0.3 is 0 Å². The number of piperidine rings is 1. The van der Waals surface area contributed by atoms with Gasteiger partial charge in [0, 0.05) is 18.7 Å². The lowest BCUT2D eigenvalue weighted by Crippen LogP contribution is -2.52. The zero-order valence-corrected chi connectivity index (χ0v) is 16.7. The number of rotatable bonds is 2. The molecule has 1 aromatic heterocycles. The molecule has 5 heteroatoms. The van der Waals surface area contributed by atoms with Gasteiger partial charge in [0.25, 0.3) is 5.91 Å². The van der Waals surface area contributed by atoms with E-state index in [1.807, 2.05) is 41.4 Å². The second-order valence-electron chi connectivity index (χ2n) is 8.14. The number of hydrogen-bond acceptors (Lipinski definition) is 3. The summed E-state index contributed by atoms with van der Waals surface area (Å²) in [4.78, 5) is 19.5. The second kappa shape index (κ2) is 7.16. The number of nitrogens with zero attached hydrogens (tertiary/aromatic N) is 3. The van der Waals surface area contributed by atoms with Crippen molar-refractivity contribution in [3.8, 4) is 11.3 Å². The summed E-state index contributed by atoms with van der Waals surface area (Å²) in [6, 6.07) is 18.2. The third-order valence-electron chi connectivity index (χ3n) is 6.26. The van der Waals surface area contributed by atoms with E-state index in [0.717, 1.165) is 43.0 Å². The fourth-order valence-corrected chi connectivity index (χ4v) is 4.60. The van der Waals surface area contributed by atoms with Gasteiger partial charge in [-0.15, -0.1) is 0 Å². The minimum Gasteiger partial charge on any atom is -0.371 e. The van der Waals surface area contributed by atoms with Crippen LogP contribution < -0.4 is 0 Å². The highest BCUT2D eigenvalue weighted by molar-refractivity contribution is 5.94. The number of hydrogen-bond donors (Lipinski definition) is 0. The summed E-state index contributed by atoms with van der Waals surface area (Å²) >= 11 is 0. The van der Waals surface area contributed by atoms with E-state index >= 15 is 0 Å². The Morgan fingerprint density at radius 2 is 1.76 bits per heavy atom. The van der Waals surface area contributed by atoms with E-state index in [1.54, 1.807) is 0 Å². The van der Waals surface area contributed by atoms with Crippen LogP contribution in [-0.2, 0) is 16.9 Å². The Hall–Kier alpha value is -2.92. The normalized spacial score (nSPS) is 17.9. The van der Waals surface area contributed by atoms with Crippen molar-refractivity contribution in [1.82, 2.24) is 14.5 Å². The fraction of sp³-hybridized carbons (Fsp3) is 0.333. The van der Waals surface area contributed by atoms with Crippen LogP contribution in [0, 0.1) is 6.92 Å². The van der Waals surface area contributed by atoms with E-state index in [9.17, 15) is 4.79 Å². The van der Waals surface area contributed by atoms with Crippen molar-refractivity contribution in [2.45, 2.75) is 31.9 Å². The lowest BCUT2D eigenvalue weighted by atomic mass is 9.86. The molecule has 1 fully saturated rings. The number of likely N-dealkylation sites (tertiary alicyclic amines) is 1. The topological polar surface area (TPSA) is 47.4 Å². The van der Waals surface area contributed by atoms with Crippen molar-refractivity contribution < 1.29 is 9.53 Å². The Labute approximate surface area is 170 Å². The van der Waals surface area contributed by atoms with Gasteiger partial charge in [-0.25, -0.2) is 4.98 Å². The minimum absolute atomic E-state index is 0.113. The van der Waals surface area contributed by atoms with E-state index < -0.39 is 0 Å². The van der Waals surface area contributed by atoms with Gasteiger partial charge < -0.3 is 14.2 Å². The van der Waals surface area contributed by atoms with Gasteiger partial charge in [-0.3, -0.25) is 4.79 Å². The molecule has 2 aromatic carbocycles. The Kier molecular flexibility index (Phi) is 4.47. The zero-order chi connectivity index (χ0) is 19.8. The molecule has 2 aliphatic rings. The van der Waals surface area contributed by atoms with Crippen LogP contribution in [0.3, 0.4) is 0 Å². The van der Waals surface area contributed by atoms with Gasteiger partial charge in [0.2, 0.25) is 0 Å². The molecule has 3 aromatic rings. The lowest BCUT2D eigenvalue weighted by molar-refractivity contribution is -0.0275. The summed E-state index contributed by atoms with van der Waals surface area (Å²) in [6.07, 6.45) is 3.71. The number of amides is 1. The summed E-state index contributed by atoms with van der Waals surface area (Å²) in [7, 11) is 0. The Morgan fingerprint density at radius 1 is 1.03 bits per heavy atom. The van der Waals surface area contributed by atoms with Crippen LogP contribution in [-0.4, -0.2) is 40.1 Å². The number of aromatic nitrogens is 2. The average molecular weight is 387 g/mol. The number of carbonyl (C=O) groups is 1. The number of carbonyl (C=O) groups excluding carboxylic acids is 1. The number of imidazole rings is 1. The van der Waals surface area contributed by atoms with Crippen LogP contribution in [0.2, 0.25) is 0 Å². The van der Waals surface area contributed by atoms with Gasteiger partial charge in [0.05, 0.1) is 24.0 Å². The van der Waals surface area contributed by atoms with Gasteiger partial charge in [-0.2, -0.15) is 0 Å². The third-order valence-corrected chi connectivity index (χ3v) is 6.26. The van der Waals surface area contributed by atoms with Crippen LogP contribution >= 0.6 is 0 Å². The van der Waals surface area contributed by atoms with Crippen molar-refractivity contribution in [1.29, 1.82) is 0 Å². The molecule has 0 bridgehead atoms. The summed E-state index contributed by atoms with van der Waals surface area (Å²) in [6.45, 7) is 4.76. The van der Waals surface area contributed by atoms with Gasteiger partial charge in [-0.1, -0.05) is 48.0 Å². The molecule has 1 amide bonds. The highest BCUT2D eigenvalue weighted by Crippen LogP contribution is 2.39. The first-order valence-corrected chi connectivity index (χ1v) is 10.2. The molecule has 0 unspecified atom stereocenters. The molecule has 0 radical (unpaired) electrons. The highest BCUT2D eigenvalue weighted by Gasteiger charge is 2.42. The maximum atomic E-state index is 12.9. The molecule has 3 heterocycles. The molecule has 1 spiro atoms. The van der Waals surface area contributed by atoms with E-state index in [4.69, 9.17) is 4.74 Å². The quantitative estimate of drug-likeness (QED) is 0.667. The Bertz CT molecular complexity index is 1020. The van der Waals surface area contributed by atoms with Gasteiger partial charge in [0.1, 0.15) is 12.4 Å². The average Bonchev–Trinajstić information content (AvgIpc) is 3.21. The molecule has 2 aliphatic heterocycles. The van der Waals surface area contributed by atoms with E-state index in [2.05, 4.69) is 40.7 Å².